The minimum atomic E-state index is -0.719. The van der Waals surface area contributed by atoms with Crippen LogP contribution in [0.2, 0.25) is 0 Å². The van der Waals surface area contributed by atoms with Gasteiger partial charge in [0.15, 0.2) is 24.7 Å². The summed E-state index contributed by atoms with van der Waals surface area (Å²) in [5.41, 5.74) is 0.560. The van der Waals surface area contributed by atoms with Crippen LogP contribution in [0.5, 0.6) is 11.5 Å². The van der Waals surface area contributed by atoms with Crippen LogP contribution >= 0.6 is 31.9 Å². The molecule has 0 saturated heterocycles. The highest BCUT2D eigenvalue weighted by molar-refractivity contribution is 9.11. The number of nitrogens with one attached hydrogen (secondary N) is 1. The van der Waals surface area contributed by atoms with E-state index in [-0.39, 0.29) is 11.5 Å². The van der Waals surface area contributed by atoms with Gasteiger partial charge >= 0.3 is 5.97 Å². The third kappa shape index (κ3) is 5.54. The van der Waals surface area contributed by atoms with Gasteiger partial charge in [-0.1, -0.05) is 28.1 Å². The molecule has 6 nitrogen and oxygen atoms in total. The fourth-order valence-corrected chi connectivity index (χ4v) is 2.83. The number of carbonyl (C=O) groups excluding carboxylic acids is 2. The molecule has 2 aromatic rings. The van der Waals surface area contributed by atoms with Gasteiger partial charge in [-0.25, -0.2) is 4.79 Å². The van der Waals surface area contributed by atoms with E-state index < -0.39 is 25.1 Å². The molecule has 0 unspecified atom stereocenters. The van der Waals surface area contributed by atoms with Gasteiger partial charge in [0.25, 0.3) is 5.91 Å². The number of halogens is 2. The molecule has 8 heteroatoms. The van der Waals surface area contributed by atoms with E-state index in [0.29, 0.717) is 10.2 Å². The highest BCUT2D eigenvalue weighted by Gasteiger charge is 2.11. The smallest absolute Gasteiger partial charge is 0.344 e. The summed E-state index contributed by atoms with van der Waals surface area (Å²) in [6.45, 7) is -0.849. The van der Waals surface area contributed by atoms with Crippen LogP contribution in [-0.4, -0.2) is 30.2 Å². The van der Waals surface area contributed by atoms with Gasteiger partial charge in [0.05, 0.1) is 5.69 Å². The van der Waals surface area contributed by atoms with Crippen LogP contribution in [0.1, 0.15) is 0 Å². The lowest BCUT2D eigenvalue weighted by atomic mass is 10.3. The van der Waals surface area contributed by atoms with Crippen LogP contribution in [0.25, 0.3) is 0 Å². The number of phenols is 1. The van der Waals surface area contributed by atoms with Crippen molar-refractivity contribution in [3.05, 3.63) is 51.4 Å². The summed E-state index contributed by atoms with van der Waals surface area (Å²) in [4.78, 5) is 23.4. The van der Waals surface area contributed by atoms with Gasteiger partial charge in [-0.05, 0) is 46.3 Å². The predicted molar refractivity (Wildman–Crippen MR) is 95.0 cm³/mol. The molecular weight excluding hydrogens is 446 g/mol. The van der Waals surface area contributed by atoms with Crippen molar-refractivity contribution in [2.75, 3.05) is 18.5 Å². The van der Waals surface area contributed by atoms with E-state index in [4.69, 9.17) is 9.47 Å². The molecule has 0 atom stereocenters. The van der Waals surface area contributed by atoms with E-state index in [9.17, 15) is 14.7 Å². The summed E-state index contributed by atoms with van der Waals surface area (Å²) in [6.07, 6.45) is 0. The van der Waals surface area contributed by atoms with Gasteiger partial charge in [-0.3, -0.25) is 4.79 Å². The number of rotatable bonds is 6. The summed E-state index contributed by atoms with van der Waals surface area (Å²) >= 11 is 6.63. The average molecular weight is 459 g/mol. The van der Waals surface area contributed by atoms with E-state index in [1.165, 1.54) is 12.1 Å². The number of aromatic hydroxyl groups is 1. The lowest BCUT2D eigenvalue weighted by molar-refractivity contribution is -0.149. The second-order valence-corrected chi connectivity index (χ2v) is 6.36. The number of carbonyl (C=O) groups is 2. The number of amides is 1. The van der Waals surface area contributed by atoms with Gasteiger partial charge in [0, 0.05) is 8.95 Å². The van der Waals surface area contributed by atoms with E-state index in [1.54, 1.807) is 30.3 Å². The largest absolute Gasteiger partial charge is 0.504 e. The molecule has 0 fully saturated rings. The molecular formula is C16H13Br2NO5. The molecule has 2 aromatic carbocycles. The van der Waals surface area contributed by atoms with Gasteiger partial charge in [-0.2, -0.15) is 0 Å². The molecule has 1 amide bonds. The average Bonchev–Trinajstić information content (AvgIpc) is 2.55. The van der Waals surface area contributed by atoms with Crippen LogP contribution in [-0.2, 0) is 14.3 Å². The first-order valence-corrected chi connectivity index (χ1v) is 8.35. The van der Waals surface area contributed by atoms with Crippen molar-refractivity contribution in [1.82, 2.24) is 0 Å². The van der Waals surface area contributed by atoms with Crippen LogP contribution in [0.15, 0.2) is 51.4 Å². The molecule has 0 saturated carbocycles. The standard InChI is InChI=1S/C16H13Br2NO5/c17-10-5-6-12(11(18)7-10)19-15(21)8-24-16(22)9-23-14-4-2-1-3-13(14)20/h1-7,20H,8-9H2,(H,19,21). The Labute approximate surface area is 155 Å². The number of anilines is 1. The second-order valence-electron chi connectivity index (χ2n) is 4.59. The highest BCUT2D eigenvalue weighted by atomic mass is 79.9. The molecule has 126 valence electrons. The first kappa shape index (κ1) is 18.3. The molecule has 0 heterocycles. The van der Waals surface area contributed by atoms with Crippen molar-refractivity contribution in [1.29, 1.82) is 0 Å². The summed E-state index contributed by atoms with van der Waals surface area (Å²) in [5.74, 6) is -1.11. The number of hydrogen-bond donors (Lipinski definition) is 2. The van der Waals surface area contributed by atoms with Crippen LogP contribution in [0.4, 0.5) is 5.69 Å². The van der Waals surface area contributed by atoms with Crippen molar-refractivity contribution >= 4 is 49.4 Å². The maximum Gasteiger partial charge on any atom is 0.344 e. The summed E-state index contributed by atoms with van der Waals surface area (Å²) in [7, 11) is 0. The molecule has 0 aliphatic rings. The SMILES string of the molecule is O=C(COC(=O)COc1ccccc1O)Nc1ccc(Br)cc1Br. The minimum Gasteiger partial charge on any atom is -0.504 e. The fourth-order valence-electron chi connectivity index (χ4n) is 1.68. The van der Waals surface area contributed by atoms with Crippen molar-refractivity contribution < 1.29 is 24.2 Å². The van der Waals surface area contributed by atoms with Gasteiger partial charge < -0.3 is 19.9 Å². The Hall–Kier alpha value is -2.06. The zero-order valence-corrected chi connectivity index (χ0v) is 15.5. The molecule has 2 N–H and O–H groups in total. The molecule has 0 radical (unpaired) electrons. The van der Waals surface area contributed by atoms with Crippen molar-refractivity contribution in [2.45, 2.75) is 0 Å². The molecule has 24 heavy (non-hydrogen) atoms. The Bertz CT molecular complexity index is 751. The maximum absolute atomic E-state index is 11.8. The molecule has 0 aliphatic heterocycles. The number of benzene rings is 2. The zero-order valence-electron chi connectivity index (χ0n) is 12.3. The lowest BCUT2D eigenvalue weighted by Gasteiger charge is -2.09. The number of hydrogen-bond acceptors (Lipinski definition) is 5. The summed E-state index contributed by atoms with van der Waals surface area (Å²) < 4.78 is 11.5. The van der Waals surface area contributed by atoms with Crippen LogP contribution < -0.4 is 10.1 Å². The Balaban J connectivity index is 1.77. The molecule has 0 aromatic heterocycles. The van der Waals surface area contributed by atoms with Crippen LogP contribution in [0, 0.1) is 0 Å². The quantitative estimate of drug-likeness (QED) is 0.647. The number of esters is 1. The summed E-state index contributed by atoms with van der Waals surface area (Å²) in [6, 6.07) is 11.5. The van der Waals surface area contributed by atoms with E-state index in [2.05, 4.69) is 37.2 Å². The molecule has 0 aliphatic carbocycles. The first-order chi connectivity index (χ1) is 11.5. The Morgan fingerprint density at radius 1 is 1.08 bits per heavy atom. The van der Waals surface area contributed by atoms with Crippen molar-refractivity contribution in [2.24, 2.45) is 0 Å². The summed E-state index contributed by atoms with van der Waals surface area (Å²) in [5, 5.41) is 12.1. The molecule has 2 rings (SSSR count). The van der Waals surface area contributed by atoms with Crippen LogP contribution in [0.3, 0.4) is 0 Å². The van der Waals surface area contributed by atoms with E-state index >= 15 is 0 Å². The van der Waals surface area contributed by atoms with Gasteiger partial charge in [0.2, 0.25) is 0 Å². The molecule has 0 bridgehead atoms. The van der Waals surface area contributed by atoms with E-state index in [1.807, 2.05) is 0 Å². The minimum absolute atomic E-state index is 0.0804. The first-order valence-electron chi connectivity index (χ1n) is 6.77. The number of para-hydroxylation sites is 2. The highest BCUT2D eigenvalue weighted by Crippen LogP contribution is 2.26. The number of ether oxygens (including phenoxy) is 2. The molecule has 0 spiro atoms. The topological polar surface area (TPSA) is 84.9 Å². The lowest BCUT2D eigenvalue weighted by Crippen LogP contribution is -2.23. The predicted octanol–water partition coefficient (Wildman–Crippen LogP) is 3.48. The van der Waals surface area contributed by atoms with E-state index in [0.717, 1.165) is 4.47 Å². The maximum atomic E-state index is 11.8. The number of phenolic OH excluding ortho intramolecular Hbond substituents is 1. The zero-order chi connectivity index (χ0) is 17.5. The second kappa shape index (κ2) is 8.70. The fraction of sp³-hybridized carbons (Fsp3) is 0.125. The normalized spacial score (nSPS) is 10.1. The third-order valence-corrected chi connectivity index (χ3v) is 3.93. The third-order valence-electron chi connectivity index (χ3n) is 2.78. The van der Waals surface area contributed by atoms with Crippen molar-refractivity contribution in [3.63, 3.8) is 0 Å². The Morgan fingerprint density at radius 2 is 1.83 bits per heavy atom. The van der Waals surface area contributed by atoms with Crippen molar-refractivity contribution in [3.8, 4) is 11.5 Å². The Morgan fingerprint density at radius 3 is 2.54 bits per heavy atom. The Kier molecular flexibility index (Phi) is 6.62. The van der Waals surface area contributed by atoms with Gasteiger partial charge in [0.1, 0.15) is 0 Å². The monoisotopic (exact) mass is 457 g/mol. The van der Waals surface area contributed by atoms with Gasteiger partial charge in [-0.15, -0.1) is 0 Å².